The summed E-state index contributed by atoms with van der Waals surface area (Å²) >= 11 is 0. The molecule has 0 radical (unpaired) electrons. The number of allylic oxidation sites excluding steroid dienone is 14. The second kappa shape index (κ2) is 50.2. The van der Waals surface area contributed by atoms with Crippen molar-refractivity contribution < 1.29 is 28.6 Å². The number of hydrogen-bond acceptors (Lipinski definition) is 6. The molecular formula is C56H94O6. The van der Waals surface area contributed by atoms with Crippen LogP contribution in [0.4, 0.5) is 0 Å². The SMILES string of the molecule is CC/C=C\C/C=C\C/C=C\C/C=C\C/C=C\C/C=C\C/C=C\CCCCCC(=O)OCC(COC(=O)CCCCCCCC)OC(=O)CCCCCCCCCCCCCCC. The van der Waals surface area contributed by atoms with E-state index >= 15 is 0 Å². The van der Waals surface area contributed by atoms with Crippen LogP contribution in [-0.2, 0) is 28.6 Å². The molecule has 0 aromatic heterocycles. The van der Waals surface area contributed by atoms with Crippen LogP contribution in [0, 0.1) is 0 Å². The zero-order chi connectivity index (χ0) is 45.1. The van der Waals surface area contributed by atoms with Gasteiger partial charge >= 0.3 is 17.9 Å². The fourth-order valence-electron chi connectivity index (χ4n) is 6.83. The predicted octanol–water partition coefficient (Wildman–Crippen LogP) is 16.8. The highest BCUT2D eigenvalue weighted by atomic mass is 16.6. The fourth-order valence-corrected chi connectivity index (χ4v) is 6.83. The summed E-state index contributed by atoms with van der Waals surface area (Å²) in [6, 6.07) is 0. The van der Waals surface area contributed by atoms with E-state index in [1.165, 1.54) is 83.5 Å². The van der Waals surface area contributed by atoms with Crippen LogP contribution in [0.2, 0.25) is 0 Å². The number of hydrogen-bond donors (Lipinski definition) is 0. The van der Waals surface area contributed by atoms with Gasteiger partial charge in [-0.1, -0.05) is 221 Å². The van der Waals surface area contributed by atoms with Gasteiger partial charge in [-0.15, -0.1) is 0 Å². The second-order valence-electron chi connectivity index (χ2n) is 16.7. The maximum absolute atomic E-state index is 12.7. The van der Waals surface area contributed by atoms with Gasteiger partial charge in [-0.05, 0) is 77.0 Å². The van der Waals surface area contributed by atoms with Gasteiger partial charge in [-0.25, -0.2) is 0 Å². The molecule has 1 atom stereocenters. The molecule has 0 amide bonds. The lowest BCUT2D eigenvalue weighted by Crippen LogP contribution is -2.30. The third-order valence-corrected chi connectivity index (χ3v) is 10.7. The molecule has 0 aromatic carbocycles. The molecule has 0 aliphatic heterocycles. The molecule has 62 heavy (non-hydrogen) atoms. The molecule has 0 aliphatic rings. The first-order valence-electron chi connectivity index (χ1n) is 25.6. The van der Waals surface area contributed by atoms with Gasteiger partial charge in [0.05, 0.1) is 0 Å². The van der Waals surface area contributed by atoms with E-state index in [-0.39, 0.29) is 31.1 Å². The van der Waals surface area contributed by atoms with Gasteiger partial charge in [-0.2, -0.15) is 0 Å². The van der Waals surface area contributed by atoms with Gasteiger partial charge in [0, 0.05) is 19.3 Å². The molecule has 0 fully saturated rings. The fraction of sp³-hybridized carbons (Fsp3) is 0.696. The van der Waals surface area contributed by atoms with Crippen LogP contribution in [0.3, 0.4) is 0 Å². The molecule has 0 aliphatic carbocycles. The van der Waals surface area contributed by atoms with E-state index in [4.69, 9.17) is 14.2 Å². The summed E-state index contributed by atoms with van der Waals surface area (Å²) in [4.78, 5) is 37.7. The van der Waals surface area contributed by atoms with Crippen molar-refractivity contribution >= 4 is 17.9 Å². The first kappa shape index (κ1) is 58.6. The molecule has 6 nitrogen and oxygen atoms in total. The maximum atomic E-state index is 12.7. The average Bonchev–Trinajstić information content (AvgIpc) is 3.27. The summed E-state index contributed by atoms with van der Waals surface area (Å²) in [7, 11) is 0. The third kappa shape index (κ3) is 47.6. The second-order valence-corrected chi connectivity index (χ2v) is 16.7. The quantitative estimate of drug-likeness (QED) is 0.0263. The predicted molar refractivity (Wildman–Crippen MR) is 265 cm³/mol. The number of ether oxygens (including phenoxy) is 3. The summed E-state index contributed by atoms with van der Waals surface area (Å²) in [6.07, 6.45) is 64.5. The van der Waals surface area contributed by atoms with E-state index in [2.05, 4.69) is 106 Å². The molecule has 0 aromatic rings. The number of rotatable bonds is 45. The normalized spacial score (nSPS) is 12.8. The standard InChI is InChI=1S/C56H94O6/c1-4-7-10-13-16-18-20-22-23-24-25-26-27-28-29-30-31-32-33-35-36-38-40-43-46-49-55(58)61-52-53(51-60-54(57)48-45-42-15-12-9-6-3)62-56(59)50-47-44-41-39-37-34-21-19-17-14-11-8-5-2/h7,10,16,18,22-23,25-26,28-29,31-32,35-36,53H,4-6,8-9,11-15,17,19-21,24,27,30,33-34,37-52H2,1-3H3/b10-7-,18-16-,23-22-,26-25-,29-28-,32-31-,36-35-. The van der Waals surface area contributed by atoms with E-state index in [0.717, 1.165) is 109 Å². The van der Waals surface area contributed by atoms with Crippen LogP contribution in [0.5, 0.6) is 0 Å². The van der Waals surface area contributed by atoms with Crippen molar-refractivity contribution in [3.8, 4) is 0 Å². The van der Waals surface area contributed by atoms with Crippen LogP contribution in [-0.4, -0.2) is 37.2 Å². The lowest BCUT2D eigenvalue weighted by Gasteiger charge is -2.18. The van der Waals surface area contributed by atoms with Crippen LogP contribution in [0.15, 0.2) is 85.1 Å². The number of carbonyl (C=O) groups is 3. The van der Waals surface area contributed by atoms with Gasteiger partial charge in [0.15, 0.2) is 6.10 Å². The Bertz CT molecular complexity index is 1220. The summed E-state index contributed by atoms with van der Waals surface area (Å²) < 4.78 is 16.7. The molecule has 0 spiro atoms. The number of carbonyl (C=O) groups excluding carboxylic acids is 3. The smallest absolute Gasteiger partial charge is 0.306 e. The van der Waals surface area contributed by atoms with Gasteiger partial charge in [0.25, 0.3) is 0 Å². The van der Waals surface area contributed by atoms with Crippen LogP contribution in [0.1, 0.15) is 233 Å². The Kier molecular flexibility index (Phi) is 47.5. The number of esters is 3. The van der Waals surface area contributed by atoms with E-state index in [9.17, 15) is 14.4 Å². The summed E-state index contributed by atoms with van der Waals surface area (Å²) in [6.45, 7) is 6.43. The maximum Gasteiger partial charge on any atom is 0.306 e. The molecule has 0 heterocycles. The Morgan fingerprint density at radius 1 is 0.339 bits per heavy atom. The molecule has 354 valence electrons. The first-order chi connectivity index (χ1) is 30.5. The zero-order valence-corrected chi connectivity index (χ0v) is 40.4. The van der Waals surface area contributed by atoms with Gasteiger partial charge in [0.1, 0.15) is 13.2 Å². The molecule has 0 saturated heterocycles. The Labute approximate surface area is 382 Å². The van der Waals surface area contributed by atoms with Crippen molar-refractivity contribution in [3.63, 3.8) is 0 Å². The lowest BCUT2D eigenvalue weighted by atomic mass is 10.0. The molecule has 1 unspecified atom stereocenters. The largest absolute Gasteiger partial charge is 0.462 e. The highest BCUT2D eigenvalue weighted by Crippen LogP contribution is 2.14. The van der Waals surface area contributed by atoms with E-state index in [0.29, 0.717) is 19.3 Å². The monoisotopic (exact) mass is 863 g/mol. The highest BCUT2D eigenvalue weighted by molar-refractivity contribution is 5.71. The molecular weight excluding hydrogens is 769 g/mol. The van der Waals surface area contributed by atoms with Gasteiger partial charge in [0.2, 0.25) is 0 Å². The summed E-state index contributed by atoms with van der Waals surface area (Å²) in [5.41, 5.74) is 0. The summed E-state index contributed by atoms with van der Waals surface area (Å²) in [5, 5.41) is 0. The van der Waals surface area contributed by atoms with Crippen molar-refractivity contribution in [2.75, 3.05) is 13.2 Å². The van der Waals surface area contributed by atoms with Gasteiger partial charge < -0.3 is 14.2 Å². The Morgan fingerprint density at radius 3 is 0.984 bits per heavy atom. The third-order valence-electron chi connectivity index (χ3n) is 10.7. The Balaban J connectivity index is 4.26. The Hall–Kier alpha value is -3.41. The van der Waals surface area contributed by atoms with Crippen molar-refractivity contribution in [2.24, 2.45) is 0 Å². The van der Waals surface area contributed by atoms with E-state index in [1.807, 2.05) is 0 Å². The average molecular weight is 863 g/mol. The lowest BCUT2D eigenvalue weighted by molar-refractivity contribution is -0.167. The summed E-state index contributed by atoms with van der Waals surface area (Å²) in [5.74, 6) is -0.931. The minimum Gasteiger partial charge on any atom is -0.462 e. The van der Waals surface area contributed by atoms with E-state index in [1.54, 1.807) is 0 Å². The highest BCUT2D eigenvalue weighted by Gasteiger charge is 2.19. The van der Waals surface area contributed by atoms with Crippen LogP contribution in [0.25, 0.3) is 0 Å². The molecule has 0 N–H and O–H groups in total. The van der Waals surface area contributed by atoms with Crippen LogP contribution < -0.4 is 0 Å². The zero-order valence-electron chi connectivity index (χ0n) is 40.4. The van der Waals surface area contributed by atoms with Gasteiger partial charge in [-0.3, -0.25) is 14.4 Å². The minimum absolute atomic E-state index is 0.0861. The van der Waals surface area contributed by atoms with Crippen molar-refractivity contribution in [3.05, 3.63) is 85.1 Å². The van der Waals surface area contributed by atoms with E-state index < -0.39 is 6.10 Å². The van der Waals surface area contributed by atoms with Crippen molar-refractivity contribution in [2.45, 2.75) is 239 Å². The van der Waals surface area contributed by atoms with Crippen molar-refractivity contribution in [1.29, 1.82) is 0 Å². The molecule has 0 bridgehead atoms. The topological polar surface area (TPSA) is 78.9 Å². The molecule has 6 heteroatoms. The molecule has 0 saturated carbocycles. The minimum atomic E-state index is -0.784. The first-order valence-corrected chi connectivity index (χ1v) is 25.6. The number of unbranched alkanes of at least 4 members (excludes halogenated alkanes) is 20. The van der Waals surface area contributed by atoms with Crippen LogP contribution >= 0.6 is 0 Å². The molecule has 0 rings (SSSR count). The Morgan fingerprint density at radius 2 is 0.629 bits per heavy atom. The van der Waals surface area contributed by atoms with Crippen molar-refractivity contribution in [1.82, 2.24) is 0 Å².